The highest BCUT2D eigenvalue weighted by atomic mass is 35.5. The fourth-order valence-corrected chi connectivity index (χ4v) is 5.48. The standard InChI is InChI=1S/C24H20ClF2NOS/c25-16-10-19(26)23(20(27)11-16)15-8-17-18-12-28-7-6-21(18)29-24(17)22(9-15)30-13-14-4-2-1-3-5-14/h1-5,8-11,18,21,28H,6-7,12-13H2/t18-,21-/m0/s1. The van der Waals surface area contributed by atoms with Gasteiger partial charge in [0.25, 0.3) is 0 Å². The van der Waals surface area contributed by atoms with Crippen LogP contribution >= 0.6 is 23.4 Å². The van der Waals surface area contributed by atoms with E-state index in [-0.39, 0.29) is 22.6 Å². The topological polar surface area (TPSA) is 21.3 Å². The van der Waals surface area contributed by atoms with Gasteiger partial charge < -0.3 is 10.1 Å². The molecule has 30 heavy (non-hydrogen) atoms. The molecular formula is C24H20ClF2NOS. The molecule has 2 aliphatic heterocycles. The van der Waals surface area contributed by atoms with E-state index in [0.717, 1.165) is 53.6 Å². The van der Waals surface area contributed by atoms with Crippen LogP contribution in [0.25, 0.3) is 11.1 Å². The summed E-state index contributed by atoms with van der Waals surface area (Å²) in [5, 5.41) is 3.46. The molecule has 0 spiro atoms. The van der Waals surface area contributed by atoms with Gasteiger partial charge in [0, 0.05) is 28.8 Å². The van der Waals surface area contributed by atoms with E-state index in [1.807, 2.05) is 30.3 Å². The van der Waals surface area contributed by atoms with Crippen molar-refractivity contribution in [3.63, 3.8) is 0 Å². The van der Waals surface area contributed by atoms with Crippen LogP contribution in [0.5, 0.6) is 5.75 Å². The maximum absolute atomic E-state index is 14.7. The largest absolute Gasteiger partial charge is 0.488 e. The van der Waals surface area contributed by atoms with Crippen molar-refractivity contribution in [3.8, 4) is 16.9 Å². The summed E-state index contributed by atoms with van der Waals surface area (Å²) in [6, 6.07) is 16.2. The first-order valence-corrected chi connectivity index (χ1v) is 11.3. The van der Waals surface area contributed by atoms with Crippen LogP contribution in [0.3, 0.4) is 0 Å². The molecule has 0 unspecified atom stereocenters. The zero-order valence-corrected chi connectivity index (χ0v) is 17.7. The molecule has 1 saturated heterocycles. The number of nitrogens with one attached hydrogen (secondary N) is 1. The second-order valence-corrected chi connectivity index (χ2v) is 9.12. The van der Waals surface area contributed by atoms with Gasteiger partial charge in [0.1, 0.15) is 23.5 Å². The molecule has 2 atom stereocenters. The maximum atomic E-state index is 14.7. The third-order valence-corrected chi connectivity index (χ3v) is 7.01. The first-order valence-electron chi connectivity index (χ1n) is 9.97. The number of benzene rings is 3. The summed E-state index contributed by atoms with van der Waals surface area (Å²) in [5.74, 6) is 0.475. The summed E-state index contributed by atoms with van der Waals surface area (Å²) in [5.41, 5.74) is 2.68. The highest BCUT2D eigenvalue weighted by Crippen LogP contribution is 2.49. The van der Waals surface area contributed by atoms with Crippen molar-refractivity contribution in [2.24, 2.45) is 0 Å². The molecule has 2 nitrogen and oxygen atoms in total. The lowest BCUT2D eigenvalue weighted by Gasteiger charge is -2.24. The van der Waals surface area contributed by atoms with Gasteiger partial charge in [0.15, 0.2) is 0 Å². The average molecular weight is 444 g/mol. The molecule has 3 aromatic rings. The van der Waals surface area contributed by atoms with Crippen LogP contribution in [-0.4, -0.2) is 19.2 Å². The van der Waals surface area contributed by atoms with E-state index >= 15 is 0 Å². The summed E-state index contributed by atoms with van der Waals surface area (Å²) in [6.45, 7) is 1.71. The molecule has 0 amide bonds. The highest BCUT2D eigenvalue weighted by molar-refractivity contribution is 7.98. The smallest absolute Gasteiger partial charge is 0.137 e. The van der Waals surface area contributed by atoms with Crippen molar-refractivity contribution in [1.82, 2.24) is 5.32 Å². The third-order valence-electron chi connectivity index (χ3n) is 5.70. The van der Waals surface area contributed by atoms with E-state index in [4.69, 9.17) is 16.3 Å². The number of halogens is 3. The lowest BCUT2D eigenvalue weighted by molar-refractivity contribution is 0.169. The zero-order chi connectivity index (χ0) is 20.7. The number of hydrogen-bond donors (Lipinski definition) is 1. The lowest BCUT2D eigenvalue weighted by Crippen LogP contribution is -2.37. The fraction of sp³-hybridized carbons (Fsp3) is 0.250. The molecule has 1 fully saturated rings. The molecule has 0 saturated carbocycles. The summed E-state index contributed by atoms with van der Waals surface area (Å²) in [6.07, 6.45) is 1.02. The third kappa shape index (κ3) is 3.70. The number of piperidine rings is 1. The Hall–Kier alpha value is -2.08. The Kier molecular flexibility index (Phi) is 5.44. The molecule has 0 aromatic heterocycles. The maximum Gasteiger partial charge on any atom is 0.137 e. The number of fused-ring (bicyclic) bond motifs is 3. The molecule has 1 N–H and O–H groups in total. The van der Waals surface area contributed by atoms with Gasteiger partial charge in [-0.15, -0.1) is 11.8 Å². The van der Waals surface area contributed by atoms with Gasteiger partial charge in [-0.1, -0.05) is 41.9 Å². The SMILES string of the molecule is Fc1cc(Cl)cc(F)c1-c1cc(SCc2ccccc2)c2c(c1)[C@@H]1CNCC[C@@H]1O2. The van der Waals surface area contributed by atoms with Gasteiger partial charge in [-0.3, -0.25) is 0 Å². The Morgan fingerprint density at radius 3 is 2.60 bits per heavy atom. The Morgan fingerprint density at radius 2 is 1.83 bits per heavy atom. The average Bonchev–Trinajstić information content (AvgIpc) is 3.11. The van der Waals surface area contributed by atoms with Crippen molar-refractivity contribution >= 4 is 23.4 Å². The molecule has 6 heteroatoms. The number of ether oxygens (including phenoxy) is 1. The molecule has 0 bridgehead atoms. The van der Waals surface area contributed by atoms with Gasteiger partial charge in [-0.05, 0) is 48.4 Å². The normalized spacial score (nSPS) is 19.8. The monoisotopic (exact) mass is 443 g/mol. The van der Waals surface area contributed by atoms with E-state index in [1.54, 1.807) is 11.8 Å². The minimum absolute atomic E-state index is 0.0454. The molecule has 3 aromatic carbocycles. The Bertz CT molecular complexity index is 1070. The highest BCUT2D eigenvalue weighted by Gasteiger charge is 2.38. The second-order valence-electron chi connectivity index (χ2n) is 7.67. The van der Waals surface area contributed by atoms with Crippen LogP contribution in [0.2, 0.25) is 5.02 Å². The molecule has 0 aliphatic carbocycles. The summed E-state index contributed by atoms with van der Waals surface area (Å²) >= 11 is 7.46. The van der Waals surface area contributed by atoms with Crippen molar-refractivity contribution in [2.75, 3.05) is 13.1 Å². The van der Waals surface area contributed by atoms with Gasteiger partial charge in [-0.25, -0.2) is 8.78 Å². The second kappa shape index (κ2) is 8.22. The van der Waals surface area contributed by atoms with Crippen LogP contribution in [0.15, 0.2) is 59.5 Å². The lowest BCUT2D eigenvalue weighted by atomic mass is 9.89. The first kappa shape index (κ1) is 19.9. The molecule has 5 rings (SSSR count). The molecule has 2 heterocycles. The van der Waals surface area contributed by atoms with Gasteiger partial charge in [0.2, 0.25) is 0 Å². The minimum Gasteiger partial charge on any atom is -0.488 e. The van der Waals surface area contributed by atoms with E-state index in [0.29, 0.717) is 5.56 Å². The van der Waals surface area contributed by atoms with Crippen LogP contribution in [0.4, 0.5) is 8.78 Å². The van der Waals surface area contributed by atoms with Crippen LogP contribution < -0.4 is 10.1 Å². The predicted molar refractivity (Wildman–Crippen MR) is 117 cm³/mol. The van der Waals surface area contributed by atoms with E-state index in [2.05, 4.69) is 17.4 Å². The van der Waals surface area contributed by atoms with Gasteiger partial charge in [0.05, 0.1) is 10.5 Å². The van der Waals surface area contributed by atoms with E-state index in [9.17, 15) is 8.78 Å². The Morgan fingerprint density at radius 1 is 1.07 bits per heavy atom. The van der Waals surface area contributed by atoms with Crippen LogP contribution in [0.1, 0.15) is 23.5 Å². The Balaban J connectivity index is 1.59. The summed E-state index contributed by atoms with van der Waals surface area (Å²) in [4.78, 5) is 0.912. The predicted octanol–water partition coefficient (Wildman–Crippen LogP) is 6.42. The molecule has 154 valence electrons. The van der Waals surface area contributed by atoms with Crippen LogP contribution in [0, 0.1) is 11.6 Å². The molecular weight excluding hydrogens is 424 g/mol. The summed E-state index contributed by atoms with van der Waals surface area (Å²) < 4.78 is 35.7. The van der Waals surface area contributed by atoms with Crippen molar-refractivity contribution < 1.29 is 13.5 Å². The summed E-state index contributed by atoms with van der Waals surface area (Å²) in [7, 11) is 0. The molecule has 2 aliphatic rings. The Labute approximate surface area is 183 Å². The quantitative estimate of drug-likeness (QED) is 0.470. The number of rotatable bonds is 4. The number of thioether (sulfide) groups is 1. The van der Waals surface area contributed by atoms with Crippen molar-refractivity contribution in [3.05, 3.63) is 82.4 Å². The molecule has 0 radical (unpaired) electrons. The van der Waals surface area contributed by atoms with Crippen LogP contribution in [-0.2, 0) is 5.75 Å². The minimum atomic E-state index is -0.656. The van der Waals surface area contributed by atoms with E-state index < -0.39 is 11.6 Å². The van der Waals surface area contributed by atoms with Gasteiger partial charge in [-0.2, -0.15) is 0 Å². The first-order chi connectivity index (χ1) is 14.6. The van der Waals surface area contributed by atoms with E-state index in [1.165, 1.54) is 5.56 Å². The fourth-order valence-electron chi connectivity index (χ4n) is 4.27. The zero-order valence-electron chi connectivity index (χ0n) is 16.1. The van der Waals surface area contributed by atoms with Crippen molar-refractivity contribution in [2.45, 2.75) is 29.1 Å². The van der Waals surface area contributed by atoms with Crippen molar-refractivity contribution in [1.29, 1.82) is 0 Å². The van der Waals surface area contributed by atoms with Gasteiger partial charge >= 0.3 is 0 Å². The number of hydrogen-bond acceptors (Lipinski definition) is 3.